The van der Waals surface area contributed by atoms with Crippen LogP contribution in [0.3, 0.4) is 0 Å². The maximum atomic E-state index is 8.53. The molecule has 0 spiro atoms. The van der Waals surface area contributed by atoms with Crippen LogP contribution >= 0.6 is 0 Å². The molecule has 0 aliphatic heterocycles. The highest BCUT2D eigenvalue weighted by molar-refractivity contribution is 5.03. The van der Waals surface area contributed by atoms with Crippen molar-refractivity contribution in [1.29, 1.82) is 5.26 Å². The maximum absolute atomic E-state index is 8.53. The Morgan fingerprint density at radius 1 is 1.54 bits per heavy atom. The van der Waals surface area contributed by atoms with Gasteiger partial charge in [-0.1, -0.05) is 13.0 Å². The number of pyridine rings is 1. The molecular formula is C10H13N3. The molecular weight excluding hydrogens is 162 g/mol. The van der Waals surface area contributed by atoms with Crippen LogP contribution in [0.25, 0.3) is 0 Å². The van der Waals surface area contributed by atoms with Crippen molar-refractivity contribution in [1.82, 2.24) is 9.88 Å². The van der Waals surface area contributed by atoms with Gasteiger partial charge < -0.3 is 0 Å². The topological polar surface area (TPSA) is 39.9 Å². The molecule has 13 heavy (non-hydrogen) atoms. The van der Waals surface area contributed by atoms with Crippen molar-refractivity contribution in [2.75, 3.05) is 13.1 Å². The number of hydrogen-bond acceptors (Lipinski definition) is 3. The summed E-state index contributed by atoms with van der Waals surface area (Å²) < 4.78 is 0. The summed E-state index contributed by atoms with van der Waals surface area (Å²) in [7, 11) is 0. The van der Waals surface area contributed by atoms with Crippen molar-refractivity contribution in [2.45, 2.75) is 13.5 Å². The van der Waals surface area contributed by atoms with Crippen LogP contribution < -0.4 is 0 Å². The van der Waals surface area contributed by atoms with Crippen LogP contribution in [0.1, 0.15) is 12.6 Å². The van der Waals surface area contributed by atoms with Gasteiger partial charge in [-0.15, -0.1) is 0 Å². The van der Waals surface area contributed by atoms with Gasteiger partial charge in [0.15, 0.2) is 0 Å². The van der Waals surface area contributed by atoms with Crippen LogP contribution in [0.4, 0.5) is 0 Å². The van der Waals surface area contributed by atoms with Crippen molar-refractivity contribution >= 4 is 0 Å². The van der Waals surface area contributed by atoms with Crippen molar-refractivity contribution < 1.29 is 0 Å². The predicted molar refractivity (Wildman–Crippen MR) is 50.8 cm³/mol. The molecule has 3 heteroatoms. The van der Waals surface area contributed by atoms with Crippen molar-refractivity contribution in [3.8, 4) is 6.07 Å². The lowest BCUT2D eigenvalue weighted by Crippen LogP contribution is -2.23. The molecule has 3 nitrogen and oxygen atoms in total. The molecule has 0 fully saturated rings. The largest absolute Gasteiger partial charge is 0.285 e. The Labute approximate surface area is 78.6 Å². The zero-order valence-corrected chi connectivity index (χ0v) is 7.77. The van der Waals surface area contributed by atoms with Crippen LogP contribution in [0.5, 0.6) is 0 Å². The molecule has 0 aliphatic carbocycles. The minimum absolute atomic E-state index is 0.465. The van der Waals surface area contributed by atoms with Crippen molar-refractivity contribution in [3.05, 3.63) is 30.1 Å². The third-order valence-corrected chi connectivity index (χ3v) is 1.85. The Kier molecular flexibility index (Phi) is 3.94. The molecule has 0 atom stereocenters. The Hall–Kier alpha value is -1.40. The summed E-state index contributed by atoms with van der Waals surface area (Å²) in [5.41, 5.74) is 1.01. The van der Waals surface area contributed by atoms with Gasteiger partial charge in [0.2, 0.25) is 0 Å². The predicted octanol–water partition coefficient (Wildman–Crippen LogP) is 1.43. The van der Waals surface area contributed by atoms with E-state index < -0.39 is 0 Å². The average Bonchev–Trinajstić information content (AvgIpc) is 2.19. The monoisotopic (exact) mass is 175 g/mol. The molecule has 0 aromatic carbocycles. The lowest BCUT2D eigenvalue weighted by atomic mass is 10.3. The van der Waals surface area contributed by atoms with E-state index >= 15 is 0 Å². The van der Waals surface area contributed by atoms with Crippen molar-refractivity contribution in [2.24, 2.45) is 0 Å². The fourth-order valence-electron chi connectivity index (χ4n) is 1.10. The molecule has 1 heterocycles. The lowest BCUT2D eigenvalue weighted by molar-refractivity contribution is 0.311. The summed E-state index contributed by atoms with van der Waals surface area (Å²) in [5.74, 6) is 0. The minimum Gasteiger partial charge on any atom is -0.285 e. The second-order valence-corrected chi connectivity index (χ2v) is 2.78. The number of aromatic nitrogens is 1. The smallest absolute Gasteiger partial charge is 0.0869 e. The fourth-order valence-corrected chi connectivity index (χ4v) is 1.10. The van der Waals surface area contributed by atoms with Gasteiger partial charge in [-0.25, -0.2) is 0 Å². The number of hydrogen-bond donors (Lipinski definition) is 0. The van der Waals surface area contributed by atoms with Gasteiger partial charge >= 0.3 is 0 Å². The van der Waals surface area contributed by atoms with E-state index in [4.69, 9.17) is 5.26 Å². The first-order valence-corrected chi connectivity index (χ1v) is 4.36. The molecule has 0 amide bonds. The Balaban J connectivity index is 2.53. The van der Waals surface area contributed by atoms with E-state index in [9.17, 15) is 0 Å². The third kappa shape index (κ3) is 3.22. The van der Waals surface area contributed by atoms with E-state index in [0.29, 0.717) is 6.54 Å². The standard InChI is InChI=1S/C10H13N3/c1-2-13(8-6-11)9-10-5-3-4-7-12-10/h3-5,7H,2,8-9H2,1H3. The zero-order chi connectivity index (χ0) is 9.52. The average molecular weight is 175 g/mol. The summed E-state index contributed by atoms with van der Waals surface area (Å²) in [4.78, 5) is 6.24. The number of nitrogens with zero attached hydrogens (tertiary/aromatic N) is 3. The molecule has 0 unspecified atom stereocenters. The zero-order valence-electron chi connectivity index (χ0n) is 7.77. The molecule has 1 aromatic rings. The van der Waals surface area contributed by atoms with E-state index in [1.54, 1.807) is 6.20 Å². The first kappa shape index (κ1) is 9.69. The molecule has 0 radical (unpaired) electrons. The summed E-state index contributed by atoms with van der Waals surface area (Å²) in [5, 5.41) is 8.53. The summed E-state index contributed by atoms with van der Waals surface area (Å²) >= 11 is 0. The first-order chi connectivity index (χ1) is 6.36. The Morgan fingerprint density at radius 3 is 2.92 bits per heavy atom. The second kappa shape index (κ2) is 5.28. The van der Waals surface area contributed by atoms with Gasteiger partial charge in [0.1, 0.15) is 0 Å². The highest BCUT2D eigenvalue weighted by Crippen LogP contribution is 1.99. The lowest BCUT2D eigenvalue weighted by Gasteiger charge is -2.15. The normalized spacial score (nSPS) is 9.92. The molecule has 0 saturated heterocycles. The summed E-state index contributed by atoms with van der Waals surface area (Å²) in [6.07, 6.45) is 1.77. The van der Waals surface area contributed by atoms with Crippen LogP contribution in [0.2, 0.25) is 0 Å². The summed E-state index contributed by atoms with van der Waals surface area (Å²) in [6.45, 7) is 4.14. The van der Waals surface area contributed by atoms with Gasteiger partial charge in [0.05, 0.1) is 18.3 Å². The number of nitriles is 1. The molecule has 0 N–H and O–H groups in total. The third-order valence-electron chi connectivity index (χ3n) is 1.85. The molecule has 68 valence electrons. The molecule has 1 rings (SSSR count). The van der Waals surface area contributed by atoms with Gasteiger partial charge in [-0.05, 0) is 18.7 Å². The second-order valence-electron chi connectivity index (χ2n) is 2.78. The Bertz CT molecular complexity index is 276. The van der Waals surface area contributed by atoms with E-state index in [2.05, 4.69) is 11.1 Å². The Morgan fingerprint density at radius 2 is 2.38 bits per heavy atom. The van der Waals surface area contributed by atoms with E-state index in [-0.39, 0.29) is 0 Å². The van der Waals surface area contributed by atoms with E-state index in [0.717, 1.165) is 18.8 Å². The van der Waals surface area contributed by atoms with Crippen LogP contribution in [0, 0.1) is 11.3 Å². The molecule has 0 saturated carbocycles. The molecule has 1 aromatic heterocycles. The minimum atomic E-state index is 0.465. The quantitative estimate of drug-likeness (QED) is 0.650. The summed E-state index contributed by atoms with van der Waals surface area (Å²) in [6, 6.07) is 7.96. The van der Waals surface area contributed by atoms with Gasteiger partial charge in [-0.3, -0.25) is 9.88 Å². The number of rotatable bonds is 4. The van der Waals surface area contributed by atoms with Crippen LogP contribution in [-0.4, -0.2) is 23.0 Å². The first-order valence-electron chi connectivity index (χ1n) is 4.36. The van der Waals surface area contributed by atoms with Gasteiger partial charge in [0, 0.05) is 12.7 Å². The molecule has 0 aliphatic rings. The molecule has 0 bridgehead atoms. The van der Waals surface area contributed by atoms with Crippen molar-refractivity contribution in [3.63, 3.8) is 0 Å². The van der Waals surface area contributed by atoms with E-state index in [1.165, 1.54) is 0 Å². The maximum Gasteiger partial charge on any atom is 0.0869 e. The van der Waals surface area contributed by atoms with Gasteiger partial charge in [-0.2, -0.15) is 5.26 Å². The van der Waals surface area contributed by atoms with Gasteiger partial charge in [0.25, 0.3) is 0 Å². The van der Waals surface area contributed by atoms with E-state index in [1.807, 2.05) is 30.0 Å². The van der Waals surface area contributed by atoms with Crippen LogP contribution in [0.15, 0.2) is 24.4 Å². The highest BCUT2D eigenvalue weighted by Gasteiger charge is 2.02. The fraction of sp³-hybridized carbons (Fsp3) is 0.400. The van der Waals surface area contributed by atoms with Crippen LogP contribution in [-0.2, 0) is 6.54 Å². The SMILES string of the molecule is CCN(CC#N)Cc1ccccn1. The highest BCUT2D eigenvalue weighted by atomic mass is 15.1.